The fourth-order valence-corrected chi connectivity index (χ4v) is 4.46. The molecule has 2 atom stereocenters. The first-order chi connectivity index (χ1) is 8.58. The Labute approximate surface area is 112 Å². The SMILES string of the molecule is Cc1ccc(C(N)CS(=O)C2CCCC2)c(C)c1. The first-order valence-corrected chi connectivity index (χ1v) is 8.16. The van der Waals surface area contributed by atoms with Gasteiger partial charge in [0.25, 0.3) is 0 Å². The summed E-state index contributed by atoms with van der Waals surface area (Å²) in [6, 6.07) is 6.22. The number of hydrogen-bond acceptors (Lipinski definition) is 2. The van der Waals surface area contributed by atoms with Crippen molar-refractivity contribution < 1.29 is 4.21 Å². The third kappa shape index (κ3) is 3.21. The van der Waals surface area contributed by atoms with Crippen LogP contribution in [0.15, 0.2) is 18.2 Å². The maximum Gasteiger partial charge on any atom is 0.0431 e. The summed E-state index contributed by atoms with van der Waals surface area (Å²) in [5.74, 6) is 0.606. The van der Waals surface area contributed by atoms with Gasteiger partial charge in [0.15, 0.2) is 0 Å². The Morgan fingerprint density at radius 2 is 2.00 bits per heavy atom. The van der Waals surface area contributed by atoms with Gasteiger partial charge in [-0.1, -0.05) is 36.6 Å². The second kappa shape index (κ2) is 5.98. The van der Waals surface area contributed by atoms with Crippen molar-refractivity contribution in [2.75, 3.05) is 5.75 Å². The molecule has 1 aromatic rings. The summed E-state index contributed by atoms with van der Waals surface area (Å²) >= 11 is 0. The van der Waals surface area contributed by atoms with E-state index in [0.29, 0.717) is 11.0 Å². The van der Waals surface area contributed by atoms with Crippen LogP contribution in [0, 0.1) is 13.8 Å². The lowest BCUT2D eigenvalue weighted by atomic mass is 10.0. The van der Waals surface area contributed by atoms with Crippen LogP contribution in [-0.4, -0.2) is 15.2 Å². The summed E-state index contributed by atoms with van der Waals surface area (Å²) < 4.78 is 12.2. The van der Waals surface area contributed by atoms with Crippen LogP contribution in [0.1, 0.15) is 48.4 Å². The van der Waals surface area contributed by atoms with Crippen molar-refractivity contribution >= 4 is 10.8 Å². The summed E-state index contributed by atoms with van der Waals surface area (Å²) in [5, 5.41) is 0.391. The summed E-state index contributed by atoms with van der Waals surface area (Å²) in [6.07, 6.45) is 4.70. The van der Waals surface area contributed by atoms with Crippen LogP contribution in [0.25, 0.3) is 0 Å². The highest BCUT2D eigenvalue weighted by atomic mass is 32.2. The van der Waals surface area contributed by atoms with Gasteiger partial charge in [0, 0.05) is 27.8 Å². The van der Waals surface area contributed by atoms with E-state index in [0.717, 1.165) is 18.4 Å². The molecule has 18 heavy (non-hydrogen) atoms. The first-order valence-electron chi connectivity index (χ1n) is 6.78. The largest absolute Gasteiger partial charge is 0.323 e. The molecule has 2 unspecified atom stereocenters. The number of aryl methyl sites for hydroxylation is 2. The van der Waals surface area contributed by atoms with Crippen molar-refractivity contribution in [3.05, 3.63) is 34.9 Å². The smallest absolute Gasteiger partial charge is 0.0431 e. The van der Waals surface area contributed by atoms with Gasteiger partial charge in [-0.3, -0.25) is 4.21 Å². The topological polar surface area (TPSA) is 43.1 Å². The Balaban J connectivity index is 2.02. The van der Waals surface area contributed by atoms with Gasteiger partial charge in [0.1, 0.15) is 0 Å². The fourth-order valence-electron chi connectivity index (χ4n) is 2.80. The highest BCUT2D eigenvalue weighted by Crippen LogP contribution is 2.25. The van der Waals surface area contributed by atoms with Crippen LogP contribution in [0.5, 0.6) is 0 Å². The summed E-state index contributed by atoms with van der Waals surface area (Å²) in [6.45, 7) is 4.17. The predicted octanol–water partition coefficient (Wildman–Crippen LogP) is 2.99. The van der Waals surface area contributed by atoms with Gasteiger partial charge in [-0.2, -0.15) is 0 Å². The van der Waals surface area contributed by atoms with Gasteiger partial charge >= 0.3 is 0 Å². The lowest BCUT2D eigenvalue weighted by Gasteiger charge is -2.17. The maximum atomic E-state index is 12.2. The Morgan fingerprint density at radius 3 is 2.61 bits per heavy atom. The molecule has 1 aromatic carbocycles. The molecule has 2 N–H and O–H groups in total. The molecule has 0 heterocycles. The molecule has 0 bridgehead atoms. The van der Waals surface area contributed by atoms with E-state index < -0.39 is 10.8 Å². The Hall–Kier alpha value is -0.670. The number of hydrogen-bond donors (Lipinski definition) is 1. The molecule has 3 heteroatoms. The molecule has 0 amide bonds. The summed E-state index contributed by atoms with van der Waals surface area (Å²) in [5.41, 5.74) is 9.83. The molecule has 0 radical (unpaired) electrons. The summed E-state index contributed by atoms with van der Waals surface area (Å²) in [7, 11) is -0.765. The van der Waals surface area contributed by atoms with E-state index in [1.807, 2.05) is 0 Å². The molecule has 1 fully saturated rings. The van der Waals surface area contributed by atoms with Gasteiger partial charge in [-0.25, -0.2) is 0 Å². The monoisotopic (exact) mass is 265 g/mol. The minimum Gasteiger partial charge on any atom is -0.323 e. The number of nitrogens with two attached hydrogens (primary N) is 1. The normalized spacial score (nSPS) is 19.9. The molecule has 100 valence electrons. The number of benzene rings is 1. The minimum absolute atomic E-state index is 0.0907. The van der Waals surface area contributed by atoms with E-state index in [1.54, 1.807) is 0 Å². The second-order valence-corrected chi connectivity index (χ2v) is 7.18. The predicted molar refractivity (Wildman–Crippen MR) is 78.1 cm³/mol. The molecule has 1 saturated carbocycles. The molecule has 1 aliphatic rings. The van der Waals surface area contributed by atoms with Gasteiger partial charge in [-0.05, 0) is 37.8 Å². The van der Waals surface area contributed by atoms with E-state index in [2.05, 4.69) is 32.0 Å². The Morgan fingerprint density at radius 1 is 1.33 bits per heavy atom. The van der Waals surface area contributed by atoms with E-state index in [4.69, 9.17) is 5.73 Å². The van der Waals surface area contributed by atoms with E-state index in [9.17, 15) is 4.21 Å². The van der Waals surface area contributed by atoms with Crippen LogP contribution in [0.2, 0.25) is 0 Å². The van der Waals surface area contributed by atoms with Gasteiger partial charge in [0.05, 0.1) is 0 Å². The molecule has 0 aromatic heterocycles. The van der Waals surface area contributed by atoms with E-state index in [-0.39, 0.29) is 6.04 Å². The summed E-state index contributed by atoms with van der Waals surface area (Å²) in [4.78, 5) is 0. The molecular weight excluding hydrogens is 242 g/mol. The number of rotatable bonds is 4. The van der Waals surface area contributed by atoms with Crippen molar-refractivity contribution in [3.63, 3.8) is 0 Å². The Bertz CT molecular complexity index is 438. The van der Waals surface area contributed by atoms with Crippen LogP contribution in [0.4, 0.5) is 0 Å². The fraction of sp³-hybridized carbons (Fsp3) is 0.600. The molecule has 2 nitrogen and oxygen atoms in total. The lowest BCUT2D eigenvalue weighted by molar-refractivity contribution is 0.660. The van der Waals surface area contributed by atoms with Crippen molar-refractivity contribution in [1.82, 2.24) is 0 Å². The van der Waals surface area contributed by atoms with Gasteiger partial charge < -0.3 is 5.73 Å². The molecule has 2 rings (SSSR count). The van der Waals surface area contributed by atoms with Gasteiger partial charge in [-0.15, -0.1) is 0 Å². The molecule has 0 aliphatic heterocycles. The average Bonchev–Trinajstić information content (AvgIpc) is 2.81. The maximum absolute atomic E-state index is 12.2. The third-order valence-corrected chi connectivity index (χ3v) is 5.75. The van der Waals surface area contributed by atoms with E-state index >= 15 is 0 Å². The lowest BCUT2D eigenvalue weighted by Crippen LogP contribution is -2.24. The van der Waals surface area contributed by atoms with Crippen LogP contribution in [0.3, 0.4) is 0 Å². The molecule has 1 aliphatic carbocycles. The van der Waals surface area contributed by atoms with Crippen LogP contribution < -0.4 is 5.73 Å². The zero-order valence-electron chi connectivity index (χ0n) is 11.3. The quantitative estimate of drug-likeness (QED) is 0.909. The standard InChI is InChI=1S/C15H23NOS/c1-11-7-8-14(12(2)9-11)15(16)10-18(17)13-5-3-4-6-13/h7-9,13,15H,3-6,10,16H2,1-2H3. The van der Waals surface area contributed by atoms with Crippen LogP contribution in [-0.2, 0) is 10.8 Å². The van der Waals surface area contributed by atoms with E-state index in [1.165, 1.54) is 24.0 Å². The molecule has 0 spiro atoms. The first kappa shape index (κ1) is 13.8. The van der Waals surface area contributed by atoms with Crippen LogP contribution >= 0.6 is 0 Å². The van der Waals surface area contributed by atoms with Crippen molar-refractivity contribution in [2.24, 2.45) is 5.73 Å². The third-order valence-electron chi connectivity index (χ3n) is 3.84. The molecular formula is C15H23NOS. The van der Waals surface area contributed by atoms with Gasteiger partial charge in [0.2, 0.25) is 0 Å². The average molecular weight is 265 g/mol. The van der Waals surface area contributed by atoms with Crippen molar-refractivity contribution in [2.45, 2.75) is 50.8 Å². The highest BCUT2D eigenvalue weighted by molar-refractivity contribution is 7.85. The molecule has 0 saturated heterocycles. The zero-order chi connectivity index (χ0) is 13.1. The Kier molecular flexibility index (Phi) is 4.57. The van der Waals surface area contributed by atoms with Crippen molar-refractivity contribution in [3.8, 4) is 0 Å². The zero-order valence-corrected chi connectivity index (χ0v) is 12.1. The minimum atomic E-state index is -0.765. The van der Waals surface area contributed by atoms with Crippen molar-refractivity contribution in [1.29, 1.82) is 0 Å². The highest BCUT2D eigenvalue weighted by Gasteiger charge is 2.23. The second-order valence-electron chi connectivity index (χ2n) is 5.42.